The standard InChI is InChI=1S/C25H22N2O4/c28-23(26-24(25(29)30)19-9-5-2-6-10-19)16-27-14-13-20-15-21(11-12-22(20)27)31-17-18-7-3-1-4-8-18/h1-15,24H,16-17H2,(H,26,28)(H,29,30)/t24-/m0/s1. The zero-order valence-electron chi connectivity index (χ0n) is 16.8. The summed E-state index contributed by atoms with van der Waals surface area (Å²) in [6.45, 7) is 0.496. The molecule has 1 aromatic heterocycles. The van der Waals surface area contributed by atoms with Crippen LogP contribution in [0.5, 0.6) is 5.75 Å². The molecule has 0 aliphatic carbocycles. The Hall–Kier alpha value is -4.06. The maximum atomic E-state index is 12.5. The van der Waals surface area contributed by atoms with Gasteiger partial charge in [-0.1, -0.05) is 60.7 Å². The van der Waals surface area contributed by atoms with Gasteiger partial charge < -0.3 is 19.7 Å². The Morgan fingerprint density at radius 3 is 2.35 bits per heavy atom. The van der Waals surface area contributed by atoms with E-state index < -0.39 is 12.0 Å². The molecule has 4 aromatic rings. The van der Waals surface area contributed by atoms with Crippen LogP contribution >= 0.6 is 0 Å². The number of rotatable bonds is 8. The van der Waals surface area contributed by atoms with E-state index in [2.05, 4.69) is 5.32 Å². The number of benzene rings is 3. The fourth-order valence-electron chi connectivity index (χ4n) is 3.44. The number of nitrogens with one attached hydrogen (secondary N) is 1. The van der Waals surface area contributed by atoms with Crippen molar-refractivity contribution in [3.05, 3.63) is 102 Å². The first-order valence-corrected chi connectivity index (χ1v) is 9.93. The highest BCUT2D eigenvalue weighted by Gasteiger charge is 2.22. The van der Waals surface area contributed by atoms with Crippen LogP contribution < -0.4 is 10.1 Å². The molecule has 0 bridgehead atoms. The lowest BCUT2D eigenvalue weighted by atomic mass is 10.1. The molecule has 0 unspecified atom stereocenters. The molecule has 156 valence electrons. The van der Waals surface area contributed by atoms with E-state index in [-0.39, 0.29) is 12.5 Å². The monoisotopic (exact) mass is 414 g/mol. The zero-order chi connectivity index (χ0) is 21.6. The first-order valence-electron chi connectivity index (χ1n) is 9.93. The van der Waals surface area contributed by atoms with Crippen molar-refractivity contribution < 1.29 is 19.4 Å². The van der Waals surface area contributed by atoms with Gasteiger partial charge in [-0.3, -0.25) is 4.79 Å². The van der Waals surface area contributed by atoms with Crippen LogP contribution in [-0.4, -0.2) is 21.6 Å². The second kappa shape index (κ2) is 9.17. The van der Waals surface area contributed by atoms with Crippen LogP contribution in [0.25, 0.3) is 10.9 Å². The molecule has 1 atom stereocenters. The molecule has 0 aliphatic heterocycles. The average molecular weight is 414 g/mol. The summed E-state index contributed by atoms with van der Waals surface area (Å²) < 4.78 is 7.65. The molecule has 2 N–H and O–H groups in total. The summed E-state index contributed by atoms with van der Waals surface area (Å²) in [6, 6.07) is 25.1. The molecule has 6 heteroatoms. The number of fused-ring (bicyclic) bond motifs is 1. The molecule has 0 radical (unpaired) electrons. The van der Waals surface area contributed by atoms with Gasteiger partial charge in [-0.15, -0.1) is 0 Å². The van der Waals surface area contributed by atoms with Crippen molar-refractivity contribution in [2.24, 2.45) is 0 Å². The highest BCUT2D eigenvalue weighted by atomic mass is 16.5. The molecule has 0 fully saturated rings. The van der Waals surface area contributed by atoms with E-state index in [1.54, 1.807) is 34.9 Å². The number of aromatic nitrogens is 1. The number of ether oxygens (including phenoxy) is 1. The third kappa shape index (κ3) is 4.93. The molecule has 0 aliphatic rings. The number of carbonyl (C=O) groups excluding carboxylic acids is 1. The van der Waals surface area contributed by atoms with Crippen LogP contribution in [0.2, 0.25) is 0 Å². The highest BCUT2D eigenvalue weighted by Crippen LogP contribution is 2.23. The number of aliphatic carboxylic acids is 1. The average Bonchev–Trinajstić information content (AvgIpc) is 3.19. The molecule has 0 spiro atoms. The molecule has 0 saturated heterocycles. The number of carbonyl (C=O) groups is 2. The summed E-state index contributed by atoms with van der Waals surface area (Å²) in [7, 11) is 0. The van der Waals surface area contributed by atoms with Gasteiger partial charge in [-0.05, 0) is 35.4 Å². The van der Waals surface area contributed by atoms with Crippen LogP contribution in [0.4, 0.5) is 0 Å². The predicted molar refractivity (Wildman–Crippen MR) is 118 cm³/mol. The Kier molecular flexibility index (Phi) is 5.98. The molecule has 31 heavy (non-hydrogen) atoms. The lowest BCUT2D eigenvalue weighted by Crippen LogP contribution is -2.35. The maximum absolute atomic E-state index is 12.5. The van der Waals surface area contributed by atoms with Crippen molar-refractivity contribution in [1.82, 2.24) is 9.88 Å². The smallest absolute Gasteiger partial charge is 0.330 e. The van der Waals surface area contributed by atoms with Crippen LogP contribution in [0, 0.1) is 0 Å². The van der Waals surface area contributed by atoms with E-state index in [1.807, 2.05) is 60.8 Å². The molecule has 3 aromatic carbocycles. The van der Waals surface area contributed by atoms with Crippen molar-refractivity contribution >= 4 is 22.8 Å². The zero-order valence-corrected chi connectivity index (χ0v) is 16.8. The van der Waals surface area contributed by atoms with E-state index in [1.165, 1.54) is 0 Å². The van der Waals surface area contributed by atoms with Crippen molar-refractivity contribution in [3.63, 3.8) is 0 Å². The minimum Gasteiger partial charge on any atom is -0.489 e. The number of amides is 1. The summed E-state index contributed by atoms with van der Waals surface area (Å²) in [6.07, 6.45) is 1.81. The minimum absolute atomic E-state index is 0.0182. The quantitative estimate of drug-likeness (QED) is 0.454. The SMILES string of the molecule is O=C(Cn1ccc2cc(OCc3ccccc3)ccc21)N[C@H](C(=O)O)c1ccccc1. The second-order valence-corrected chi connectivity index (χ2v) is 7.19. The second-order valence-electron chi connectivity index (χ2n) is 7.19. The summed E-state index contributed by atoms with van der Waals surface area (Å²) in [5, 5.41) is 13.0. The number of carboxylic acids is 1. The molecular formula is C25H22N2O4. The maximum Gasteiger partial charge on any atom is 0.330 e. The van der Waals surface area contributed by atoms with E-state index in [0.29, 0.717) is 12.2 Å². The van der Waals surface area contributed by atoms with Gasteiger partial charge in [0.25, 0.3) is 0 Å². The van der Waals surface area contributed by atoms with Crippen molar-refractivity contribution in [3.8, 4) is 5.75 Å². The van der Waals surface area contributed by atoms with Crippen molar-refractivity contribution in [2.75, 3.05) is 0 Å². The first-order chi connectivity index (χ1) is 15.1. The van der Waals surface area contributed by atoms with Gasteiger partial charge in [-0.25, -0.2) is 4.79 Å². The van der Waals surface area contributed by atoms with E-state index in [4.69, 9.17) is 4.74 Å². The summed E-state index contributed by atoms with van der Waals surface area (Å²) in [5.41, 5.74) is 2.48. The molecule has 1 amide bonds. The Balaban J connectivity index is 1.43. The fraction of sp³-hybridized carbons (Fsp3) is 0.120. The number of hydrogen-bond acceptors (Lipinski definition) is 3. The third-order valence-electron chi connectivity index (χ3n) is 4.99. The summed E-state index contributed by atoms with van der Waals surface area (Å²) >= 11 is 0. The van der Waals surface area contributed by atoms with E-state index in [0.717, 1.165) is 22.2 Å². The Labute approximate surface area is 179 Å². The number of carboxylic acid groups (broad SMARTS) is 1. The summed E-state index contributed by atoms with van der Waals surface area (Å²) in [4.78, 5) is 24.2. The Bertz CT molecular complexity index is 1190. The Morgan fingerprint density at radius 1 is 0.935 bits per heavy atom. The largest absolute Gasteiger partial charge is 0.489 e. The normalized spacial score (nSPS) is 11.7. The number of nitrogens with zero attached hydrogens (tertiary/aromatic N) is 1. The minimum atomic E-state index is -1.10. The van der Waals surface area contributed by atoms with Crippen LogP contribution in [0.1, 0.15) is 17.2 Å². The van der Waals surface area contributed by atoms with Gasteiger partial charge in [-0.2, -0.15) is 0 Å². The van der Waals surface area contributed by atoms with Gasteiger partial charge in [0.15, 0.2) is 6.04 Å². The molecule has 1 heterocycles. The van der Waals surface area contributed by atoms with Gasteiger partial charge in [0, 0.05) is 17.1 Å². The van der Waals surface area contributed by atoms with Gasteiger partial charge >= 0.3 is 5.97 Å². The molecule has 4 rings (SSSR count). The van der Waals surface area contributed by atoms with Gasteiger partial charge in [0.1, 0.15) is 18.9 Å². The van der Waals surface area contributed by atoms with Crippen molar-refractivity contribution in [1.29, 1.82) is 0 Å². The lowest BCUT2D eigenvalue weighted by molar-refractivity contribution is -0.142. The molecule has 0 saturated carbocycles. The van der Waals surface area contributed by atoms with Gasteiger partial charge in [0.05, 0.1) is 0 Å². The highest BCUT2D eigenvalue weighted by molar-refractivity contribution is 5.87. The topological polar surface area (TPSA) is 80.6 Å². The first kappa shape index (κ1) is 20.2. The van der Waals surface area contributed by atoms with Gasteiger partial charge in [0.2, 0.25) is 5.91 Å². The third-order valence-corrected chi connectivity index (χ3v) is 4.99. The van der Waals surface area contributed by atoms with Crippen LogP contribution in [0.15, 0.2) is 91.1 Å². The summed E-state index contributed by atoms with van der Waals surface area (Å²) in [5.74, 6) is -0.733. The van der Waals surface area contributed by atoms with Crippen LogP contribution in [0.3, 0.4) is 0 Å². The van der Waals surface area contributed by atoms with E-state index in [9.17, 15) is 14.7 Å². The lowest BCUT2D eigenvalue weighted by Gasteiger charge is -2.15. The van der Waals surface area contributed by atoms with Crippen molar-refractivity contribution in [2.45, 2.75) is 19.2 Å². The number of hydrogen-bond donors (Lipinski definition) is 2. The Morgan fingerprint density at radius 2 is 1.65 bits per heavy atom. The predicted octanol–water partition coefficient (Wildman–Crippen LogP) is 4.16. The van der Waals surface area contributed by atoms with Crippen LogP contribution in [-0.2, 0) is 22.7 Å². The van der Waals surface area contributed by atoms with E-state index >= 15 is 0 Å². The molecular weight excluding hydrogens is 392 g/mol. The fourth-order valence-corrected chi connectivity index (χ4v) is 3.44. The molecule has 6 nitrogen and oxygen atoms in total.